The van der Waals surface area contributed by atoms with Crippen LogP contribution < -0.4 is 11.5 Å². The number of nitrogens with two attached hydrogens (primary N) is 2. The van der Waals surface area contributed by atoms with Gasteiger partial charge in [0, 0.05) is 12.6 Å². The van der Waals surface area contributed by atoms with Crippen molar-refractivity contribution in [3.8, 4) is 0 Å². The Hall–Kier alpha value is -1.12. The molecule has 1 aliphatic rings. The summed E-state index contributed by atoms with van der Waals surface area (Å²) in [4.78, 5) is 0. The van der Waals surface area contributed by atoms with Crippen LogP contribution >= 0.6 is 0 Å². The third kappa shape index (κ3) is 2.52. The minimum Gasteiger partial charge on any atom is -0.329 e. The van der Waals surface area contributed by atoms with E-state index < -0.39 is 0 Å². The highest BCUT2D eigenvalue weighted by molar-refractivity contribution is 5.60. The normalized spacial score (nSPS) is 16.6. The molecule has 1 aromatic carbocycles. The fourth-order valence-electron chi connectivity index (χ4n) is 2.26. The van der Waals surface area contributed by atoms with Gasteiger partial charge in [-0.1, -0.05) is 35.4 Å². The Morgan fingerprint density at radius 2 is 2.12 bits per heavy atom. The van der Waals surface area contributed by atoms with Gasteiger partial charge in [-0.25, -0.2) is 0 Å². The lowest BCUT2D eigenvalue weighted by Gasteiger charge is -2.19. The second-order valence-electron chi connectivity index (χ2n) is 4.70. The van der Waals surface area contributed by atoms with Crippen LogP contribution in [0.1, 0.15) is 29.5 Å². The van der Waals surface area contributed by atoms with E-state index >= 15 is 0 Å². The van der Waals surface area contributed by atoms with E-state index in [1.165, 1.54) is 22.3 Å². The van der Waals surface area contributed by atoms with E-state index in [1.807, 2.05) is 0 Å². The largest absolute Gasteiger partial charge is 0.329 e. The Labute approximate surface area is 97.3 Å². The third-order valence-corrected chi connectivity index (χ3v) is 3.20. The SMILES string of the molecule is Cc1ccc2c(c1)CCC(C[C@H](N)CN)=C2. The van der Waals surface area contributed by atoms with E-state index in [1.54, 1.807) is 0 Å². The first-order valence-corrected chi connectivity index (χ1v) is 5.93. The van der Waals surface area contributed by atoms with Crippen molar-refractivity contribution in [3.63, 3.8) is 0 Å². The first-order valence-electron chi connectivity index (χ1n) is 5.93. The van der Waals surface area contributed by atoms with Gasteiger partial charge in [0.05, 0.1) is 0 Å². The monoisotopic (exact) mass is 216 g/mol. The second kappa shape index (κ2) is 4.81. The molecule has 2 nitrogen and oxygen atoms in total. The lowest BCUT2D eigenvalue weighted by molar-refractivity contribution is 0.655. The van der Waals surface area contributed by atoms with Gasteiger partial charge >= 0.3 is 0 Å². The quantitative estimate of drug-likeness (QED) is 0.812. The second-order valence-corrected chi connectivity index (χ2v) is 4.70. The van der Waals surface area contributed by atoms with Gasteiger partial charge in [-0.15, -0.1) is 0 Å². The van der Waals surface area contributed by atoms with E-state index in [4.69, 9.17) is 11.5 Å². The van der Waals surface area contributed by atoms with Crippen molar-refractivity contribution in [3.05, 3.63) is 40.5 Å². The van der Waals surface area contributed by atoms with Crippen molar-refractivity contribution >= 4 is 6.08 Å². The Morgan fingerprint density at radius 1 is 1.31 bits per heavy atom. The molecule has 2 rings (SSSR count). The zero-order valence-corrected chi connectivity index (χ0v) is 9.87. The maximum absolute atomic E-state index is 5.88. The summed E-state index contributed by atoms with van der Waals surface area (Å²) in [6.45, 7) is 2.71. The highest BCUT2D eigenvalue weighted by Gasteiger charge is 2.12. The molecule has 1 aliphatic carbocycles. The fourth-order valence-corrected chi connectivity index (χ4v) is 2.26. The number of fused-ring (bicyclic) bond motifs is 1. The maximum atomic E-state index is 5.88. The van der Waals surface area contributed by atoms with Crippen molar-refractivity contribution in [2.45, 2.75) is 32.2 Å². The molecule has 0 bridgehead atoms. The van der Waals surface area contributed by atoms with E-state index in [0.29, 0.717) is 6.54 Å². The van der Waals surface area contributed by atoms with Crippen molar-refractivity contribution < 1.29 is 0 Å². The molecule has 0 aromatic heterocycles. The molecule has 0 saturated carbocycles. The molecule has 2 heteroatoms. The molecule has 0 fully saturated rings. The number of rotatable bonds is 3. The van der Waals surface area contributed by atoms with Crippen LogP contribution in [-0.4, -0.2) is 12.6 Å². The molecule has 0 saturated heterocycles. The van der Waals surface area contributed by atoms with E-state index in [2.05, 4.69) is 31.2 Å². The molecule has 86 valence electrons. The predicted molar refractivity (Wildman–Crippen MR) is 69.1 cm³/mol. The van der Waals surface area contributed by atoms with Crippen LogP contribution in [0.4, 0.5) is 0 Å². The van der Waals surface area contributed by atoms with Gasteiger partial charge in [0.2, 0.25) is 0 Å². The molecule has 0 unspecified atom stereocenters. The molecule has 0 aliphatic heterocycles. The number of hydrogen-bond acceptors (Lipinski definition) is 2. The van der Waals surface area contributed by atoms with Gasteiger partial charge in [0.1, 0.15) is 0 Å². The molecule has 0 radical (unpaired) electrons. The van der Waals surface area contributed by atoms with Crippen LogP contribution in [0, 0.1) is 6.92 Å². The van der Waals surface area contributed by atoms with Crippen molar-refractivity contribution in [2.75, 3.05) is 6.54 Å². The summed E-state index contributed by atoms with van der Waals surface area (Å²) in [5, 5.41) is 0. The predicted octanol–water partition coefficient (Wildman–Crippen LogP) is 2.00. The zero-order chi connectivity index (χ0) is 11.5. The first kappa shape index (κ1) is 11.4. The summed E-state index contributed by atoms with van der Waals surface area (Å²) in [6, 6.07) is 6.77. The van der Waals surface area contributed by atoms with Crippen LogP contribution in [0.25, 0.3) is 6.08 Å². The van der Waals surface area contributed by atoms with Crippen LogP contribution in [-0.2, 0) is 6.42 Å². The molecular weight excluding hydrogens is 196 g/mol. The lowest BCUT2D eigenvalue weighted by atomic mass is 9.88. The number of benzene rings is 1. The van der Waals surface area contributed by atoms with Gasteiger partial charge in [0.25, 0.3) is 0 Å². The third-order valence-electron chi connectivity index (χ3n) is 3.20. The maximum Gasteiger partial charge on any atom is 0.0200 e. The summed E-state index contributed by atoms with van der Waals surface area (Å²) in [5.74, 6) is 0. The Balaban J connectivity index is 2.18. The standard InChI is InChI=1S/C14H20N2/c1-10-2-4-13-7-11(8-14(16)9-15)3-5-12(13)6-10/h2,4,6-7,14H,3,5,8-9,15-16H2,1H3/t14-/m0/s1. The minimum atomic E-state index is 0.109. The van der Waals surface area contributed by atoms with E-state index in [-0.39, 0.29) is 6.04 Å². The van der Waals surface area contributed by atoms with Crippen molar-refractivity contribution in [1.29, 1.82) is 0 Å². The summed E-state index contributed by atoms with van der Waals surface area (Å²) >= 11 is 0. The Kier molecular flexibility index (Phi) is 3.42. The minimum absolute atomic E-state index is 0.109. The fraction of sp³-hybridized carbons (Fsp3) is 0.429. The topological polar surface area (TPSA) is 52.0 Å². The average molecular weight is 216 g/mol. The molecule has 1 aromatic rings. The smallest absolute Gasteiger partial charge is 0.0200 e. The van der Waals surface area contributed by atoms with E-state index in [0.717, 1.165) is 19.3 Å². The van der Waals surface area contributed by atoms with Gasteiger partial charge in [-0.2, -0.15) is 0 Å². The van der Waals surface area contributed by atoms with Crippen LogP contribution in [0.2, 0.25) is 0 Å². The lowest BCUT2D eigenvalue weighted by Crippen LogP contribution is -2.30. The zero-order valence-electron chi connectivity index (χ0n) is 9.87. The van der Waals surface area contributed by atoms with Gasteiger partial charge in [0.15, 0.2) is 0 Å². The molecule has 0 spiro atoms. The van der Waals surface area contributed by atoms with Gasteiger partial charge < -0.3 is 11.5 Å². The molecule has 1 atom stereocenters. The summed E-state index contributed by atoms with van der Waals surface area (Å²) in [7, 11) is 0. The van der Waals surface area contributed by atoms with Gasteiger partial charge in [-0.05, 0) is 37.3 Å². The Bertz CT molecular complexity index is 407. The van der Waals surface area contributed by atoms with Gasteiger partial charge in [-0.3, -0.25) is 0 Å². The van der Waals surface area contributed by atoms with Crippen molar-refractivity contribution in [1.82, 2.24) is 0 Å². The highest BCUT2D eigenvalue weighted by atomic mass is 14.7. The highest BCUT2D eigenvalue weighted by Crippen LogP contribution is 2.26. The van der Waals surface area contributed by atoms with Crippen molar-refractivity contribution in [2.24, 2.45) is 11.5 Å². The molecule has 16 heavy (non-hydrogen) atoms. The summed E-state index contributed by atoms with van der Waals surface area (Å²) < 4.78 is 0. The molecule has 0 amide bonds. The van der Waals surface area contributed by atoms with E-state index in [9.17, 15) is 0 Å². The van der Waals surface area contributed by atoms with Crippen LogP contribution in [0.15, 0.2) is 23.8 Å². The summed E-state index contributed by atoms with van der Waals surface area (Å²) in [5.41, 5.74) is 17.0. The summed E-state index contributed by atoms with van der Waals surface area (Å²) in [6.07, 6.45) is 5.49. The molecule has 4 N–H and O–H groups in total. The van der Waals surface area contributed by atoms with Crippen LogP contribution in [0.5, 0.6) is 0 Å². The average Bonchev–Trinajstić information content (AvgIpc) is 2.29. The number of hydrogen-bond donors (Lipinski definition) is 2. The first-order chi connectivity index (χ1) is 7.69. The molecular formula is C14H20N2. The molecule has 0 heterocycles. The van der Waals surface area contributed by atoms with Crippen LogP contribution in [0.3, 0.4) is 0 Å². The Morgan fingerprint density at radius 3 is 2.88 bits per heavy atom. The number of aryl methyl sites for hydroxylation is 2.